The largest absolute Gasteiger partial charge is 0.501 e. The summed E-state index contributed by atoms with van der Waals surface area (Å²) in [6.45, 7) is 0.673. The molecule has 1 aromatic rings. The van der Waals surface area contributed by atoms with E-state index in [1.165, 1.54) is 0 Å². The summed E-state index contributed by atoms with van der Waals surface area (Å²) in [4.78, 5) is 12.4. The molecule has 0 amide bonds. The second-order valence-corrected chi connectivity index (χ2v) is 4.01. The van der Waals surface area contributed by atoms with Crippen LogP contribution in [0.15, 0.2) is 30.0 Å². The van der Waals surface area contributed by atoms with Gasteiger partial charge in [-0.3, -0.25) is 4.79 Å². The zero-order chi connectivity index (χ0) is 13.0. The molecule has 4 nitrogen and oxygen atoms in total. The molecular weight excluding hydrogens is 232 g/mol. The summed E-state index contributed by atoms with van der Waals surface area (Å²) in [6, 6.07) is 5.19. The van der Waals surface area contributed by atoms with Gasteiger partial charge in [0.1, 0.15) is 11.5 Å². The van der Waals surface area contributed by atoms with Crippen LogP contribution < -0.4 is 9.47 Å². The van der Waals surface area contributed by atoms with Crippen LogP contribution in [0.3, 0.4) is 0 Å². The molecule has 0 N–H and O–H groups in total. The number of benzene rings is 1. The normalized spacial score (nSPS) is 14.4. The molecule has 1 heterocycles. The van der Waals surface area contributed by atoms with E-state index >= 15 is 0 Å². The second kappa shape index (κ2) is 5.58. The Morgan fingerprint density at radius 1 is 1.28 bits per heavy atom. The molecule has 0 unspecified atom stereocenters. The fourth-order valence-electron chi connectivity index (χ4n) is 1.90. The Bertz CT molecular complexity index is 477. The Kier molecular flexibility index (Phi) is 3.87. The average molecular weight is 248 g/mol. The molecule has 0 bridgehead atoms. The van der Waals surface area contributed by atoms with Gasteiger partial charge in [0.15, 0.2) is 5.78 Å². The molecule has 0 aromatic heterocycles. The summed E-state index contributed by atoms with van der Waals surface area (Å²) in [5.41, 5.74) is 1.18. The van der Waals surface area contributed by atoms with E-state index in [2.05, 4.69) is 0 Å². The lowest BCUT2D eigenvalue weighted by Crippen LogP contribution is -2.10. The highest BCUT2D eigenvalue weighted by Crippen LogP contribution is 2.28. The second-order valence-electron chi connectivity index (χ2n) is 4.01. The van der Waals surface area contributed by atoms with Crippen LogP contribution in [-0.2, 0) is 4.74 Å². The van der Waals surface area contributed by atoms with Crippen molar-refractivity contribution >= 4 is 5.78 Å². The zero-order valence-electron chi connectivity index (χ0n) is 10.6. The first kappa shape index (κ1) is 12.5. The van der Waals surface area contributed by atoms with Crippen LogP contribution in [0.2, 0.25) is 0 Å². The van der Waals surface area contributed by atoms with Crippen LogP contribution in [0.4, 0.5) is 0 Å². The van der Waals surface area contributed by atoms with E-state index in [0.717, 1.165) is 12.8 Å². The van der Waals surface area contributed by atoms with Gasteiger partial charge in [-0.2, -0.15) is 0 Å². The number of carbonyl (C=O) groups is 1. The highest BCUT2D eigenvalue weighted by atomic mass is 16.5. The van der Waals surface area contributed by atoms with E-state index < -0.39 is 0 Å². The number of Topliss-reactive ketones (excluding diaryl/α,β-unsaturated/α-hetero) is 1. The zero-order valence-corrected chi connectivity index (χ0v) is 10.6. The van der Waals surface area contributed by atoms with E-state index in [-0.39, 0.29) is 5.78 Å². The topological polar surface area (TPSA) is 44.8 Å². The van der Waals surface area contributed by atoms with Crippen molar-refractivity contribution in [3.63, 3.8) is 0 Å². The number of ketones is 1. The molecule has 0 radical (unpaired) electrons. The van der Waals surface area contributed by atoms with Crippen molar-refractivity contribution in [2.24, 2.45) is 0 Å². The first-order chi connectivity index (χ1) is 8.76. The van der Waals surface area contributed by atoms with Crippen LogP contribution in [-0.4, -0.2) is 26.6 Å². The molecule has 1 aliphatic rings. The minimum absolute atomic E-state index is 0.0644. The van der Waals surface area contributed by atoms with Crippen LogP contribution in [0.25, 0.3) is 0 Å². The van der Waals surface area contributed by atoms with Crippen molar-refractivity contribution in [2.45, 2.75) is 12.8 Å². The van der Waals surface area contributed by atoms with Crippen molar-refractivity contribution < 1.29 is 19.0 Å². The molecular formula is C14H16O4. The number of hydrogen-bond donors (Lipinski definition) is 0. The van der Waals surface area contributed by atoms with Crippen LogP contribution in [0.1, 0.15) is 23.2 Å². The molecule has 2 rings (SSSR count). The third-order valence-electron chi connectivity index (χ3n) is 2.88. The lowest BCUT2D eigenvalue weighted by atomic mass is 9.99. The van der Waals surface area contributed by atoms with Gasteiger partial charge in [-0.1, -0.05) is 0 Å². The summed E-state index contributed by atoms with van der Waals surface area (Å²) in [5.74, 6) is 1.12. The maximum absolute atomic E-state index is 12.4. The number of ether oxygens (including phenoxy) is 3. The predicted molar refractivity (Wildman–Crippen MR) is 67.1 cm³/mol. The molecule has 0 atom stereocenters. The predicted octanol–water partition coefficient (Wildman–Crippen LogP) is 2.58. The van der Waals surface area contributed by atoms with E-state index in [4.69, 9.17) is 14.2 Å². The van der Waals surface area contributed by atoms with Gasteiger partial charge in [0.05, 0.1) is 32.7 Å². The molecule has 0 fully saturated rings. The SMILES string of the molecule is COc1ccc(OC)c(C(=O)C2=COCCC2)c1. The number of allylic oxidation sites excluding steroid dienone is 1. The highest BCUT2D eigenvalue weighted by molar-refractivity contribution is 6.10. The molecule has 0 aliphatic carbocycles. The van der Waals surface area contributed by atoms with E-state index in [1.54, 1.807) is 38.7 Å². The quantitative estimate of drug-likeness (QED) is 0.768. The molecule has 18 heavy (non-hydrogen) atoms. The van der Waals surface area contributed by atoms with Crippen molar-refractivity contribution in [1.29, 1.82) is 0 Å². The fraction of sp³-hybridized carbons (Fsp3) is 0.357. The van der Waals surface area contributed by atoms with E-state index in [1.807, 2.05) is 0 Å². The molecule has 4 heteroatoms. The molecule has 1 aliphatic heterocycles. The number of methoxy groups -OCH3 is 2. The molecule has 0 saturated heterocycles. The highest BCUT2D eigenvalue weighted by Gasteiger charge is 2.19. The van der Waals surface area contributed by atoms with Crippen molar-refractivity contribution in [1.82, 2.24) is 0 Å². The van der Waals surface area contributed by atoms with Gasteiger partial charge in [-0.25, -0.2) is 0 Å². The minimum Gasteiger partial charge on any atom is -0.501 e. The minimum atomic E-state index is -0.0644. The summed E-state index contributed by atoms with van der Waals surface area (Å²) in [5, 5.41) is 0. The van der Waals surface area contributed by atoms with Gasteiger partial charge in [-0.05, 0) is 31.0 Å². The molecule has 0 saturated carbocycles. The van der Waals surface area contributed by atoms with Gasteiger partial charge in [0, 0.05) is 5.57 Å². The van der Waals surface area contributed by atoms with E-state index in [9.17, 15) is 4.79 Å². The van der Waals surface area contributed by atoms with Crippen molar-refractivity contribution in [2.75, 3.05) is 20.8 Å². The monoisotopic (exact) mass is 248 g/mol. The van der Waals surface area contributed by atoms with Crippen molar-refractivity contribution in [3.8, 4) is 11.5 Å². The smallest absolute Gasteiger partial charge is 0.195 e. The van der Waals surface area contributed by atoms with Gasteiger partial charge in [0.2, 0.25) is 0 Å². The summed E-state index contributed by atoms with van der Waals surface area (Å²) in [6.07, 6.45) is 3.15. The van der Waals surface area contributed by atoms with Gasteiger partial charge >= 0.3 is 0 Å². The average Bonchev–Trinajstić information content (AvgIpc) is 2.46. The van der Waals surface area contributed by atoms with Crippen LogP contribution in [0.5, 0.6) is 11.5 Å². The van der Waals surface area contributed by atoms with Gasteiger partial charge in [0.25, 0.3) is 0 Å². The standard InChI is InChI=1S/C14H16O4/c1-16-11-5-6-13(17-2)12(8-11)14(15)10-4-3-7-18-9-10/h5-6,8-9H,3-4,7H2,1-2H3. The fourth-order valence-corrected chi connectivity index (χ4v) is 1.90. The van der Waals surface area contributed by atoms with Gasteiger partial charge in [-0.15, -0.1) is 0 Å². The Morgan fingerprint density at radius 3 is 2.72 bits per heavy atom. The molecule has 96 valence electrons. The summed E-state index contributed by atoms with van der Waals surface area (Å²) in [7, 11) is 3.11. The summed E-state index contributed by atoms with van der Waals surface area (Å²) >= 11 is 0. The molecule has 0 spiro atoms. The Balaban J connectivity index is 2.35. The maximum atomic E-state index is 12.4. The third kappa shape index (κ3) is 2.47. The number of carbonyl (C=O) groups excluding carboxylic acids is 1. The Morgan fingerprint density at radius 2 is 2.11 bits per heavy atom. The first-order valence-electron chi connectivity index (χ1n) is 5.83. The van der Waals surface area contributed by atoms with E-state index in [0.29, 0.717) is 29.2 Å². The number of hydrogen-bond acceptors (Lipinski definition) is 4. The summed E-state index contributed by atoms with van der Waals surface area (Å²) < 4.78 is 15.5. The third-order valence-corrected chi connectivity index (χ3v) is 2.88. The first-order valence-corrected chi connectivity index (χ1v) is 5.83. The van der Waals surface area contributed by atoms with Crippen LogP contribution in [0, 0.1) is 0 Å². The number of rotatable bonds is 4. The molecule has 1 aromatic carbocycles. The maximum Gasteiger partial charge on any atom is 0.195 e. The van der Waals surface area contributed by atoms with Crippen LogP contribution >= 0.6 is 0 Å². The lowest BCUT2D eigenvalue weighted by molar-refractivity contribution is 0.101. The van der Waals surface area contributed by atoms with Gasteiger partial charge < -0.3 is 14.2 Å². The van der Waals surface area contributed by atoms with Crippen molar-refractivity contribution in [3.05, 3.63) is 35.6 Å². The lowest BCUT2D eigenvalue weighted by Gasteiger charge is -2.14. The Hall–Kier alpha value is -1.97. The Labute approximate surface area is 106 Å².